The summed E-state index contributed by atoms with van der Waals surface area (Å²) in [6.07, 6.45) is 0. The molecular weight excluding hydrogens is 300 g/mol. The number of thiophene rings is 1. The van der Waals surface area contributed by atoms with Gasteiger partial charge in [-0.15, -0.1) is 11.3 Å². The zero-order valence-corrected chi connectivity index (χ0v) is 13.7. The summed E-state index contributed by atoms with van der Waals surface area (Å²) in [5.74, 6) is 1.77. The molecular formula is C12H20N2O2S3. The van der Waals surface area contributed by atoms with Crippen LogP contribution in [0.3, 0.4) is 0 Å². The fraction of sp³-hybridized carbons (Fsp3) is 0.667. The van der Waals surface area contributed by atoms with E-state index in [0.29, 0.717) is 11.4 Å². The summed E-state index contributed by atoms with van der Waals surface area (Å²) in [6.45, 7) is 6.27. The minimum Gasteiger partial charge on any atom is -0.312 e. The Morgan fingerprint density at radius 3 is 3.00 bits per heavy atom. The van der Waals surface area contributed by atoms with E-state index >= 15 is 0 Å². The van der Waals surface area contributed by atoms with Crippen LogP contribution in [0.1, 0.15) is 18.7 Å². The molecule has 0 amide bonds. The van der Waals surface area contributed by atoms with E-state index in [-0.39, 0.29) is 6.04 Å². The highest BCUT2D eigenvalue weighted by atomic mass is 32.2. The second-order valence-electron chi connectivity index (χ2n) is 4.57. The van der Waals surface area contributed by atoms with Gasteiger partial charge in [-0.25, -0.2) is 8.42 Å². The van der Waals surface area contributed by atoms with Crippen molar-refractivity contribution in [2.75, 3.05) is 24.6 Å². The van der Waals surface area contributed by atoms with E-state index in [1.807, 2.05) is 25.6 Å². The molecule has 108 valence electrons. The Morgan fingerprint density at radius 2 is 2.32 bits per heavy atom. The van der Waals surface area contributed by atoms with E-state index in [2.05, 4.69) is 5.32 Å². The zero-order chi connectivity index (χ0) is 13.9. The average molecular weight is 321 g/mol. The fourth-order valence-corrected chi connectivity index (χ4v) is 6.13. The van der Waals surface area contributed by atoms with Gasteiger partial charge in [0.2, 0.25) is 10.0 Å². The zero-order valence-electron chi connectivity index (χ0n) is 11.3. The van der Waals surface area contributed by atoms with Crippen molar-refractivity contribution in [3.05, 3.63) is 16.3 Å². The van der Waals surface area contributed by atoms with E-state index in [0.717, 1.165) is 29.5 Å². The standard InChI is InChI=1S/C12H20N2O2S3/c1-3-13-7-11-6-12(9-18-11)19(15,16)14-4-5-17-8-10(14)2/h6,9-10,13H,3-5,7-8H2,1-2H3. The van der Waals surface area contributed by atoms with Crippen LogP contribution in [0.5, 0.6) is 0 Å². The van der Waals surface area contributed by atoms with Crippen molar-refractivity contribution < 1.29 is 8.42 Å². The molecule has 1 N–H and O–H groups in total. The molecule has 2 rings (SSSR count). The summed E-state index contributed by atoms with van der Waals surface area (Å²) in [6, 6.07) is 1.89. The van der Waals surface area contributed by atoms with E-state index in [9.17, 15) is 8.42 Å². The molecule has 19 heavy (non-hydrogen) atoms. The molecule has 1 atom stereocenters. The number of hydrogen-bond acceptors (Lipinski definition) is 5. The average Bonchev–Trinajstić information content (AvgIpc) is 2.86. The van der Waals surface area contributed by atoms with E-state index < -0.39 is 10.0 Å². The maximum atomic E-state index is 12.6. The summed E-state index contributed by atoms with van der Waals surface area (Å²) in [7, 11) is -3.31. The van der Waals surface area contributed by atoms with Crippen molar-refractivity contribution in [3.8, 4) is 0 Å². The number of thioether (sulfide) groups is 1. The number of hydrogen-bond donors (Lipinski definition) is 1. The van der Waals surface area contributed by atoms with Gasteiger partial charge in [0.05, 0.1) is 4.90 Å². The van der Waals surface area contributed by atoms with Crippen LogP contribution in [-0.4, -0.2) is 43.4 Å². The molecule has 7 heteroatoms. The van der Waals surface area contributed by atoms with Gasteiger partial charge in [0.25, 0.3) is 0 Å². The maximum absolute atomic E-state index is 12.6. The Labute approximate surface area is 123 Å². The van der Waals surface area contributed by atoms with Crippen molar-refractivity contribution in [3.63, 3.8) is 0 Å². The van der Waals surface area contributed by atoms with Gasteiger partial charge in [-0.1, -0.05) is 6.92 Å². The highest BCUT2D eigenvalue weighted by Crippen LogP contribution is 2.27. The lowest BCUT2D eigenvalue weighted by atomic mass is 10.4. The Bertz CT molecular complexity index is 513. The molecule has 0 spiro atoms. The molecule has 1 aliphatic rings. The smallest absolute Gasteiger partial charge is 0.244 e. The summed E-state index contributed by atoms with van der Waals surface area (Å²) in [5.41, 5.74) is 0. The van der Waals surface area contributed by atoms with Crippen LogP contribution < -0.4 is 5.32 Å². The minimum absolute atomic E-state index is 0.0841. The van der Waals surface area contributed by atoms with Crippen LogP contribution in [0.25, 0.3) is 0 Å². The molecule has 0 radical (unpaired) electrons. The van der Waals surface area contributed by atoms with Crippen LogP contribution in [0, 0.1) is 0 Å². The first-order chi connectivity index (χ1) is 9.05. The second kappa shape index (κ2) is 6.58. The van der Waals surface area contributed by atoms with E-state index in [1.54, 1.807) is 15.8 Å². The quantitative estimate of drug-likeness (QED) is 0.901. The number of rotatable bonds is 5. The summed E-state index contributed by atoms with van der Waals surface area (Å²) < 4.78 is 26.8. The summed E-state index contributed by atoms with van der Waals surface area (Å²) in [4.78, 5) is 1.52. The molecule has 1 aliphatic heterocycles. The molecule has 4 nitrogen and oxygen atoms in total. The Morgan fingerprint density at radius 1 is 1.53 bits per heavy atom. The number of nitrogens with one attached hydrogen (secondary N) is 1. The SMILES string of the molecule is CCNCc1cc(S(=O)(=O)N2CCSCC2C)cs1. The fourth-order valence-electron chi connectivity index (χ4n) is 2.04. The lowest BCUT2D eigenvalue weighted by molar-refractivity contribution is 0.368. The molecule has 0 bridgehead atoms. The second-order valence-corrected chi connectivity index (χ2v) is 8.60. The third kappa shape index (κ3) is 3.52. The summed E-state index contributed by atoms with van der Waals surface area (Å²) in [5, 5.41) is 4.98. The van der Waals surface area contributed by atoms with Gasteiger partial charge in [0.15, 0.2) is 0 Å². The van der Waals surface area contributed by atoms with Crippen LogP contribution in [0.2, 0.25) is 0 Å². The van der Waals surface area contributed by atoms with Crippen molar-refractivity contribution >= 4 is 33.1 Å². The first-order valence-corrected chi connectivity index (χ1v) is 9.91. The Kier molecular flexibility index (Phi) is 5.30. The normalized spacial score (nSPS) is 21.7. The highest BCUT2D eigenvalue weighted by molar-refractivity contribution is 7.99. The lowest BCUT2D eigenvalue weighted by Crippen LogP contribution is -2.44. The molecule has 1 aromatic rings. The number of nitrogens with zero attached hydrogens (tertiary/aromatic N) is 1. The van der Waals surface area contributed by atoms with Gasteiger partial charge in [-0.3, -0.25) is 0 Å². The van der Waals surface area contributed by atoms with Gasteiger partial charge in [-0.2, -0.15) is 16.1 Å². The van der Waals surface area contributed by atoms with Gasteiger partial charge in [-0.05, 0) is 19.5 Å². The minimum atomic E-state index is -3.31. The van der Waals surface area contributed by atoms with Crippen molar-refractivity contribution in [2.45, 2.75) is 31.3 Å². The van der Waals surface area contributed by atoms with Gasteiger partial charge < -0.3 is 5.32 Å². The predicted molar refractivity (Wildman–Crippen MR) is 82.4 cm³/mol. The third-order valence-corrected chi connectivity index (χ3v) is 7.36. The van der Waals surface area contributed by atoms with E-state index in [1.165, 1.54) is 11.3 Å². The maximum Gasteiger partial charge on any atom is 0.244 e. The molecule has 0 aromatic carbocycles. The van der Waals surface area contributed by atoms with Crippen LogP contribution in [0.15, 0.2) is 16.3 Å². The first-order valence-electron chi connectivity index (χ1n) is 6.43. The van der Waals surface area contributed by atoms with Gasteiger partial charge in [0, 0.05) is 40.9 Å². The topological polar surface area (TPSA) is 49.4 Å². The van der Waals surface area contributed by atoms with E-state index in [4.69, 9.17) is 0 Å². The predicted octanol–water partition coefficient (Wildman–Crippen LogP) is 1.98. The molecule has 1 aromatic heterocycles. The monoisotopic (exact) mass is 320 g/mol. The lowest BCUT2D eigenvalue weighted by Gasteiger charge is -2.31. The first kappa shape index (κ1) is 15.3. The molecule has 0 saturated carbocycles. The van der Waals surface area contributed by atoms with Crippen LogP contribution >= 0.6 is 23.1 Å². The highest BCUT2D eigenvalue weighted by Gasteiger charge is 2.31. The van der Waals surface area contributed by atoms with Crippen LogP contribution in [-0.2, 0) is 16.6 Å². The Balaban J connectivity index is 2.16. The molecule has 1 fully saturated rings. The van der Waals surface area contributed by atoms with Crippen molar-refractivity contribution in [2.24, 2.45) is 0 Å². The molecule has 0 aliphatic carbocycles. The van der Waals surface area contributed by atoms with Gasteiger partial charge >= 0.3 is 0 Å². The Hall–Kier alpha value is -0.0800. The van der Waals surface area contributed by atoms with Crippen LogP contribution in [0.4, 0.5) is 0 Å². The molecule has 2 heterocycles. The van der Waals surface area contributed by atoms with Crippen molar-refractivity contribution in [1.82, 2.24) is 9.62 Å². The van der Waals surface area contributed by atoms with Gasteiger partial charge in [0.1, 0.15) is 0 Å². The molecule has 1 saturated heterocycles. The number of sulfonamides is 1. The summed E-state index contributed by atoms with van der Waals surface area (Å²) >= 11 is 3.33. The largest absolute Gasteiger partial charge is 0.312 e. The third-order valence-electron chi connectivity index (χ3n) is 3.09. The molecule has 1 unspecified atom stereocenters. The van der Waals surface area contributed by atoms with Crippen molar-refractivity contribution in [1.29, 1.82) is 0 Å².